The highest BCUT2D eigenvalue weighted by Gasteiger charge is 2.09. The molecule has 2 aromatic rings. The first-order chi connectivity index (χ1) is 8.10. The largest absolute Gasteiger partial charge is 0.476 e. The molecule has 17 heavy (non-hydrogen) atoms. The van der Waals surface area contributed by atoms with Gasteiger partial charge in [-0.3, -0.25) is 4.57 Å². The van der Waals surface area contributed by atoms with Gasteiger partial charge >= 0.3 is 5.97 Å². The molecule has 0 aliphatic heterocycles. The van der Waals surface area contributed by atoms with Gasteiger partial charge in [0.25, 0.3) is 0 Å². The highest BCUT2D eigenvalue weighted by molar-refractivity contribution is 5.85. The number of imidazole rings is 1. The number of pyridine rings is 1. The van der Waals surface area contributed by atoms with Crippen LogP contribution in [0.3, 0.4) is 0 Å². The lowest BCUT2D eigenvalue weighted by molar-refractivity contribution is 0.0691. The van der Waals surface area contributed by atoms with E-state index >= 15 is 0 Å². The normalized spacial score (nSPS) is 9.88. The molecule has 0 bridgehead atoms. The second-order valence-corrected chi connectivity index (χ2v) is 3.44. The molecular formula is C11H8N4O2. The van der Waals surface area contributed by atoms with Crippen molar-refractivity contribution in [3.8, 4) is 11.9 Å². The highest BCUT2D eigenvalue weighted by atomic mass is 16.4. The zero-order valence-corrected chi connectivity index (χ0v) is 8.95. The van der Waals surface area contributed by atoms with E-state index in [2.05, 4.69) is 9.97 Å². The molecule has 2 rings (SSSR count). The van der Waals surface area contributed by atoms with Crippen molar-refractivity contribution in [1.29, 1.82) is 5.26 Å². The monoisotopic (exact) mass is 228 g/mol. The van der Waals surface area contributed by atoms with Crippen molar-refractivity contribution in [2.45, 2.75) is 6.92 Å². The summed E-state index contributed by atoms with van der Waals surface area (Å²) < 4.78 is 1.47. The van der Waals surface area contributed by atoms with E-state index in [1.165, 1.54) is 17.1 Å². The third-order valence-corrected chi connectivity index (χ3v) is 2.14. The summed E-state index contributed by atoms with van der Waals surface area (Å²) in [6, 6.07) is 5.24. The van der Waals surface area contributed by atoms with Gasteiger partial charge in [0.05, 0.1) is 11.6 Å². The van der Waals surface area contributed by atoms with E-state index in [0.717, 1.165) is 0 Å². The highest BCUT2D eigenvalue weighted by Crippen LogP contribution is 2.10. The first kappa shape index (κ1) is 10.8. The molecular weight excluding hydrogens is 220 g/mol. The summed E-state index contributed by atoms with van der Waals surface area (Å²) in [4.78, 5) is 18.6. The summed E-state index contributed by atoms with van der Waals surface area (Å²) in [5.41, 5.74) is 1.09. The van der Waals surface area contributed by atoms with Crippen molar-refractivity contribution in [2.24, 2.45) is 0 Å². The topological polar surface area (TPSA) is 91.8 Å². The van der Waals surface area contributed by atoms with E-state index in [0.29, 0.717) is 17.1 Å². The van der Waals surface area contributed by atoms with E-state index in [4.69, 9.17) is 10.4 Å². The van der Waals surface area contributed by atoms with Gasteiger partial charge in [-0.05, 0) is 19.1 Å². The Labute approximate surface area is 96.8 Å². The van der Waals surface area contributed by atoms with Crippen molar-refractivity contribution in [3.05, 3.63) is 41.6 Å². The minimum Gasteiger partial charge on any atom is -0.476 e. The number of hydrogen-bond acceptors (Lipinski definition) is 4. The lowest BCUT2D eigenvalue weighted by atomic mass is 10.2. The lowest BCUT2D eigenvalue weighted by Crippen LogP contribution is -1.98. The average Bonchev–Trinajstić information content (AvgIpc) is 2.77. The zero-order chi connectivity index (χ0) is 12.4. The third-order valence-electron chi connectivity index (χ3n) is 2.14. The zero-order valence-electron chi connectivity index (χ0n) is 8.95. The van der Waals surface area contributed by atoms with E-state index < -0.39 is 5.97 Å². The maximum Gasteiger partial charge on any atom is 0.356 e. The van der Waals surface area contributed by atoms with Crippen LogP contribution in [0.4, 0.5) is 0 Å². The van der Waals surface area contributed by atoms with Crippen LogP contribution in [0.25, 0.3) is 5.82 Å². The van der Waals surface area contributed by atoms with Gasteiger partial charge in [0.15, 0.2) is 5.69 Å². The molecule has 6 heteroatoms. The average molecular weight is 228 g/mol. The van der Waals surface area contributed by atoms with Crippen LogP contribution in [0.5, 0.6) is 0 Å². The Morgan fingerprint density at radius 3 is 2.88 bits per heavy atom. The summed E-state index contributed by atoms with van der Waals surface area (Å²) in [6.45, 7) is 1.76. The van der Waals surface area contributed by atoms with Crippen LogP contribution >= 0.6 is 0 Å². The molecule has 0 saturated carbocycles. The van der Waals surface area contributed by atoms with Gasteiger partial charge in [-0.1, -0.05) is 0 Å². The maximum absolute atomic E-state index is 10.7. The molecule has 1 N–H and O–H groups in total. The molecule has 0 spiro atoms. The summed E-state index contributed by atoms with van der Waals surface area (Å²) >= 11 is 0. The quantitative estimate of drug-likeness (QED) is 0.832. The Morgan fingerprint density at radius 1 is 1.53 bits per heavy atom. The number of rotatable bonds is 2. The number of hydrogen-bond donors (Lipinski definition) is 1. The molecule has 0 aromatic carbocycles. The van der Waals surface area contributed by atoms with Crippen LogP contribution < -0.4 is 0 Å². The Balaban J connectivity index is 2.49. The van der Waals surface area contributed by atoms with Crippen LogP contribution in [0.15, 0.2) is 24.7 Å². The van der Waals surface area contributed by atoms with E-state index in [-0.39, 0.29) is 5.69 Å². The predicted octanol–water partition coefficient (Wildman–Crippen LogP) is 1.15. The Hall–Kier alpha value is -2.68. The van der Waals surface area contributed by atoms with Crippen LogP contribution in [0, 0.1) is 18.3 Å². The van der Waals surface area contributed by atoms with Gasteiger partial charge in [-0.2, -0.15) is 5.26 Å². The number of aromatic carboxylic acids is 1. The number of carbonyl (C=O) groups is 1. The molecule has 0 amide bonds. The second kappa shape index (κ2) is 4.06. The van der Waals surface area contributed by atoms with Crippen molar-refractivity contribution in [3.63, 3.8) is 0 Å². The number of aryl methyl sites for hydroxylation is 1. The fraction of sp³-hybridized carbons (Fsp3) is 0.0909. The third kappa shape index (κ3) is 2.13. The summed E-state index contributed by atoms with van der Waals surface area (Å²) in [5, 5.41) is 17.6. The number of nitrogens with zero attached hydrogens (tertiary/aromatic N) is 4. The standard InChI is InChI=1S/C11H8N4O2/c1-7-2-8(4-12)3-10(14-7)15-5-9(11(16)17)13-6-15/h2-3,5-6H,1H3,(H,16,17). The Morgan fingerprint density at radius 2 is 2.29 bits per heavy atom. The molecule has 2 aromatic heterocycles. The molecule has 0 saturated heterocycles. The summed E-state index contributed by atoms with van der Waals surface area (Å²) in [7, 11) is 0. The first-order valence-corrected chi connectivity index (χ1v) is 4.76. The van der Waals surface area contributed by atoms with Crippen LogP contribution in [-0.2, 0) is 0 Å². The van der Waals surface area contributed by atoms with E-state index in [9.17, 15) is 4.79 Å². The molecule has 0 aliphatic carbocycles. The van der Waals surface area contributed by atoms with E-state index in [1.54, 1.807) is 19.1 Å². The maximum atomic E-state index is 10.7. The number of nitriles is 1. The molecule has 2 heterocycles. The van der Waals surface area contributed by atoms with E-state index in [1.807, 2.05) is 6.07 Å². The number of carboxylic acid groups (broad SMARTS) is 1. The number of carboxylic acids is 1. The fourth-order valence-corrected chi connectivity index (χ4v) is 1.41. The van der Waals surface area contributed by atoms with Crippen molar-refractivity contribution in [2.75, 3.05) is 0 Å². The minimum atomic E-state index is -1.10. The van der Waals surface area contributed by atoms with Crippen molar-refractivity contribution >= 4 is 5.97 Å². The molecule has 0 radical (unpaired) electrons. The second-order valence-electron chi connectivity index (χ2n) is 3.44. The number of aromatic nitrogens is 3. The Kier molecular flexibility index (Phi) is 2.58. The van der Waals surface area contributed by atoms with Crippen LogP contribution in [-0.4, -0.2) is 25.6 Å². The van der Waals surface area contributed by atoms with Crippen molar-refractivity contribution < 1.29 is 9.90 Å². The summed E-state index contributed by atoms with van der Waals surface area (Å²) in [5.74, 6) is -0.626. The smallest absolute Gasteiger partial charge is 0.356 e. The molecule has 6 nitrogen and oxygen atoms in total. The van der Waals surface area contributed by atoms with Gasteiger partial charge in [0.1, 0.15) is 12.1 Å². The molecule has 84 valence electrons. The molecule has 0 fully saturated rings. The van der Waals surface area contributed by atoms with Crippen LogP contribution in [0.2, 0.25) is 0 Å². The predicted molar refractivity (Wildman–Crippen MR) is 57.8 cm³/mol. The SMILES string of the molecule is Cc1cc(C#N)cc(-n2cnc(C(=O)O)c2)n1. The molecule has 0 unspecified atom stereocenters. The van der Waals surface area contributed by atoms with Crippen LogP contribution in [0.1, 0.15) is 21.7 Å². The Bertz CT molecular complexity index is 625. The van der Waals surface area contributed by atoms with Gasteiger partial charge in [-0.15, -0.1) is 0 Å². The first-order valence-electron chi connectivity index (χ1n) is 4.76. The van der Waals surface area contributed by atoms with Gasteiger partial charge in [0, 0.05) is 11.9 Å². The molecule has 0 aliphatic rings. The molecule has 0 atom stereocenters. The van der Waals surface area contributed by atoms with Gasteiger partial charge in [0.2, 0.25) is 0 Å². The summed E-state index contributed by atoms with van der Waals surface area (Å²) in [6.07, 6.45) is 2.71. The van der Waals surface area contributed by atoms with Crippen molar-refractivity contribution in [1.82, 2.24) is 14.5 Å². The van der Waals surface area contributed by atoms with Gasteiger partial charge in [-0.25, -0.2) is 14.8 Å². The lowest BCUT2D eigenvalue weighted by Gasteiger charge is -2.02. The fourth-order valence-electron chi connectivity index (χ4n) is 1.41. The van der Waals surface area contributed by atoms with Gasteiger partial charge < -0.3 is 5.11 Å². The minimum absolute atomic E-state index is 0.0631.